The molecule has 178 valence electrons. The Morgan fingerprint density at radius 3 is 2.35 bits per heavy atom. The van der Waals surface area contributed by atoms with Crippen molar-refractivity contribution < 1.29 is 9.59 Å². The first-order valence-corrected chi connectivity index (χ1v) is 12.9. The molecule has 0 fully saturated rings. The third kappa shape index (κ3) is 7.93. The van der Waals surface area contributed by atoms with Crippen LogP contribution >= 0.6 is 23.4 Å². The van der Waals surface area contributed by atoms with Crippen LogP contribution in [-0.4, -0.2) is 35.1 Å². The summed E-state index contributed by atoms with van der Waals surface area (Å²) in [6, 6.07) is 24.8. The van der Waals surface area contributed by atoms with Crippen LogP contribution in [0.1, 0.15) is 30.0 Å². The van der Waals surface area contributed by atoms with Crippen LogP contribution in [-0.2, 0) is 22.6 Å². The zero-order valence-corrected chi connectivity index (χ0v) is 21.2. The Bertz CT molecular complexity index is 1070. The van der Waals surface area contributed by atoms with Crippen LogP contribution in [0.4, 0.5) is 0 Å². The molecule has 1 N–H and O–H groups in total. The van der Waals surface area contributed by atoms with Crippen LogP contribution in [0.25, 0.3) is 0 Å². The van der Waals surface area contributed by atoms with Crippen LogP contribution in [0.2, 0.25) is 5.02 Å². The zero-order chi connectivity index (χ0) is 24.3. The Morgan fingerprint density at radius 2 is 1.68 bits per heavy atom. The van der Waals surface area contributed by atoms with Gasteiger partial charge in [-0.2, -0.15) is 0 Å². The summed E-state index contributed by atoms with van der Waals surface area (Å²) in [5.41, 5.74) is 3.15. The van der Waals surface area contributed by atoms with E-state index < -0.39 is 6.04 Å². The molecule has 0 unspecified atom stereocenters. The summed E-state index contributed by atoms with van der Waals surface area (Å²) in [6.07, 6.45) is 1.29. The molecule has 3 rings (SSSR count). The molecule has 0 spiro atoms. The Hall–Kier alpha value is -2.76. The number of thioether (sulfide) groups is 1. The van der Waals surface area contributed by atoms with Gasteiger partial charge >= 0.3 is 0 Å². The van der Waals surface area contributed by atoms with Crippen molar-refractivity contribution in [2.45, 2.75) is 44.2 Å². The fourth-order valence-corrected chi connectivity index (χ4v) is 4.60. The summed E-state index contributed by atoms with van der Waals surface area (Å²) in [6.45, 7) is 5.00. The smallest absolute Gasteiger partial charge is 0.243 e. The van der Waals surface area contributed by atoms with E-state index in [1.165, 1.54) is 11.8 Å². The SMILES string of the molecule is CCCNC(=O)[C@@H](Cc1ccccc1)N(Cc1cccc(C)c1)C(=O)CSc1ccc(Cl)cc1. The van der Waals surface area contributed by atoms with Crippen molar-refractivity contribution in [2.24, 2.45) is 0 Å². The predicted molar refractivity (Wildman–Crippen MR) is 141 cm³/mol. The number of halogens is 1. The lowest BCUT2D eigenvalue weighted by Gasteiger charge is -2.31. The predicted octanol–water partition coefficient (Wildman–Crippen LogP) is 5.91. The first kappa shape index (κ1) is 25.9. The average Bonchev–Trinajstić information content (AvgIpc) is 2.85. The minimum atomic E-state index is -0.604. The van der Waals surface area contributed by atoms with Gasteiger partial charge in [0.1, 0.15) is 6.04 Å². The Kier molecular flexibility index (Phi) is 10.0. The number of hydrogen-bond acceptors (Lipinski definition) is 3. The van der Waals surface area contributed by atoms with Gasteiger partial charge in [-0.25, -0.2) is 0 Å². The highest BCUT2D eigenvalue weighted by Gasteiger charge is 2.30. The topological polar surface area (TPSA) is 49.4 Å². The maximum Gasteiger partial charge on any atom is 0.243 e. The largest absolute Gasteiger partial charge is 0.354 e. The number of nitrogens with zero attached hydrogens (tertiary/aromatic N) is 1. The molecule has 2 amide bonds. The van der Waals surface area contributed by atoms with Crippen molar-refractivity contribution in [1.82, 2.24) is 10.2 Å². The van der Waals surface area contributed by atoms with Crippen LogP contribution in [0, 0.1) is 6.92 Å². The van der Waals surface area contributed by atoms with E-state index in [9.17, 15) is 9.59 Å². The molecule has 3 aromatic carbocycles. The first-order chi connectivity index (χ1) is 16.5. The lowest BCUT2D eigenvalue weighted by Crippen LogP contribution is -2.51. The summed E-state index contributed by atoms with van der Waals surface area (Å²) in [5.74, 6) is 0.0389. The maximum atomic E-state index is 13.6. The van der Waals surface area contributed by atoms with Gasteiger partial charge in [0.25, 0.3) is 0 Å². The molecule has 1 atom stereocenters. The van der Waals surface area contributed by atoms with E-state index >= 15 is 0 Å². The molecule has 34 heavy (non-hydrogen) atoms. The van der Waals surface area contributed by atoms with Crippen molar-refractivity contribution in [3.8, 4) is 0 Å². The van der Waals surface area contributed by atoms with Crippen molar-refractivity contribution in [3.05, 3.63) is 101 Å². The molecular weight excluding hydrogens is 464 g/mol. The normalized spacial score (nSPS) is 11.6. The van der Waals surface area contributed by atoms with Crippen molar-refractivity contribution in [2.75, 3.05) is 12.3 Å². The standard InChI is InChI=1S/C28H31ClN2O2S/c1-3-16-30-28(33)26(18-22-9-5-4-6-10-22)31(19-23-11-7-8-21(2)17-23)27(32)20-34-25-14-12-24(29)13-15-25/h4-15,17,26H,3,16,18-20H2,1-2H3,(H,30,33)/t26-/m1/s1. The van der Waals surface area contributed by atoms with Gasteiger partial charge in [0, 0.05) is 29.4 Å². The summed E-state index contributed by atoms with van der Waals surface area (Å²) < 4.78 is 0. The third-order valence-electron chi connectivity index (χ3n) is 5.43. The highest BCUT2D eigenvalue weighted by Crippen LogP contribution is 2.23. The molecule has 0 bridgehead atoms. The van der Waals surface area contributed by atoms with E-state index in [1.54, 1.807) is 4.90 Å². The second-order valence-electron chi connectivity index (χ2n) is 8.25. The van der Waals surface area contributed by atoms with Crippen molar-refractivity contribution >= 4 is 35.2 Å². The fourth-order valence-electron chi connectivity index (χ4n) is 3.69. The average molecular weight is 495 g/mol. The molecule has 0 aromatic heterocycles. The quantitative estimate of drug-likeness (QED) is 0.337. The van der Waals surface area contributed by atoms with Crippen molar-refractivity contribution in [3.63, 3.8) is 0 Å². The van der Waals surface area contributed by atoms with Gasteiger partial charge in [-0.15, -0.1) is 11.8 Å². The molecular formula is C28H31ClN2O2S. The van der Waals surface area contributed by atoms with E-state index in [4.69, 9.17) is 11.6 Å². The van der Waals surface area contributed by atoms with Gasteiger partial charge in [0.05, 0.1) is 5.75 Å². The molecule has 6 heteroatoms. The van der Waals surface area contributed by atoms with E-state index in [-0.39, 0.29) is 17.6 Å². The Balaban J connectivity index is 1.88. The summed E-state index contributed by atoms with van der Waals surface area (Å²) in [7, 11) is 0. The molecule has 0 aliphatic rings. The van der Waals surface area contributed by atoms with Gasteiger partial charge in [-0.1, -0.05) is 78.7 Å². The monoisotopic (exact) mass is 494 g/mol. The minimum Gasteiger partial charge on any atom is -0.354 e. The molecule has 0 saturated heterocycles. The number of amides is 2. The summed E-state index contributed by atoms with van der Waals surface area (Å²) in [4.78, 5) is 29.6. The van der Waals surface area contributed by atoms with Crippen LogP contribution in [0.15, 0.2) is 83.8 Å². The number of rotatable bonds is 11. The van der Waals surface area contributed by atoms with E-state index in [1.807, 2.05) is 86.6 Å². The molecule has 0 aliphatic carbocycles. The van der Waals surface area contributed by atoms with Crippen LogP contribution < -0.4 is 5.32 Å². The number of aryl methyl sites for hydroxylation is 1. The van der Waals surface area contributed by atoms with E-state index in [0.29, 0.717) is 24.5 Å². The number of carbonyl (C=O) groups is 2. The summed E-state index contributed by atoms with van der Waals surface area (Å²) in [5, 5.41) is 3.67. The molecule has 0 saturated carbocycles. The van der Waals surface area contributed by atoms with Gasteiger partial charge in [0.15, 0.2) is 0 Å². The Morgan fingerprint density at radius 1 is 0.971 bits per heavy atom. The number of nitrogens with one attached hydrogen (secondary N) is 1. The van der Waals surface area contributed by atoms with Gasteiger partial charge in [-0.05, 0) is 48.7 Å². The molecule has 0 heterocycles. The summed E-state index contributed by atoms with van der Waals surface area (Å²) >= 11 is 7.45. The lowest BCUT2D eigenvalue weighted by molar-refractivity contribution is -0.139. The van der Waals surface area contributed by atoms with Crippen LogP contribution in [0.5, 0.6) is 0 Å². The fraction of sp³-hybridized carbons (Fsp3) is 0.286. The number of carbonyl (C=O) groups excluding carboxylic acids is 2. The van der Waals surface area contributed by atoms with E-state index in [0.717, 1.165) is 28.0 Å². The first-order valence-electron chi connectivity index (χ1n) is 11.5. The minimum absolute atomic E-state index is 0.0750. The molecule has 0 aliphatic heterocycles. The second-order valence-corrected chi connectivity index (χ2v) is 9.74. The third-order valence-corrected chi connectivity index (χ3v) is 6.68. The molecule has 4 nitrogen and oxygen atoms in total. The highest BCUT2D eigenvalue weighted by molar-refractivity contribution is 8.00. The van der Waals surface area contributed by atoms with E-state index in [2.05, 4.69) is 11.4 Å². The van der Waals surface area contributed by atoms with Gasteiger partial charge in [-0.3, -0.25) is 9.59 Å². The lowest BCUT2D eigenvalue weighted by atomic mass is 10.0. The zero-order valence-electron chi connectivity index (χ0n) is 19.7. The maximum absolute atomic E-state index is 13.6. The highest BCUT2D eigenvalue weighted by atomic mass is 35.5. The number of hydrogen-bond donors (Lipinski definition) is 1. The van der Waals surface area contributed by atoms with Crippen molar-refractivity contribution in [1.29, 1.82) is 0 Å². The van der Waals surface area contributed by atoms with Gasteiger partial charge < -0.3 is 10.2 Å². The van der Waals surface area contributed by atoms with Gasteiger partial charge in [0.2, 0.25) is 11.8 Å². The molecule has 3 aromatic rings. The van der Waals surface area contributed by atoms with Crippen LogP contribution in [0.3, 0.4) is 0 Å². The Labute approximate surface area is 211 Å². The number of benzene rings is 3. The molecule has 0 radical (unpaired) electrons. The second kappa shape index (κ2) is 13.2.